The van der Waals surface area contributed by atoms with Crippen molar-refractivity contribution >= 4 is 23.4 Å². The van der Waals surface area contributed by atoms with Gasteiger partial charge >= 0.3 is 0 Å². The first-order valence-electron chi connectivity index (χ1n) is 5.56. The lowest BCUT2D eigenvalue weighted by atomic mass is 10.3. The van der Waals surface area contributed by atoms with E-state index in [0.29, 0.717) is 13.0 Å². The van der Waals surface area contributed by atoms with E-state index in [2.05, 4.69) is 5.32 Å². The van der Waals surface area contributed by atoms with Gasteiger partial charge in [-0.05, 0) is 30.9 Å². The molecule has 3 N–H and O–H groups in total. The van der Waals surface area contributed by atoms with Gasteiger partial charge in [0.2, 0.25) is 5.91 Å². The Kier molecular flexibility index (Phi) is 6.65. The number of hydrogen-bond donors (Lipinski definition) is 2. The van der Waals surface area contributed by atoms with Crippen molar-refractivity contribution in [2.75, 3.05) is 23.4 Å². The molecule has 0 radical (unpaired) electrons. The Morgan fingerprint density at radius 1 is 1.35 bits per heavy atom. The van der Waals surface area contributed by atoms with Crippen LogP contribution in [0.15, 0.2) is 24.3 Å². The molecule has 1 aromatic rings. The molecule has 0 saturated heterocycles. The predicted octanol–water partition coefficient (Wildman–Crippen LogP) is 2.24. The summed E-state index contributed by atoms with van der Waals surface area (Å²) in [5.74, 6) is 1.14. The fraction of sp³-hybridized carbons (Fsp3) is 0.417. The molecule has 0 fully saturated rings. The molecule has 3 nitrogen and oxygen atoms in total. The zero-order chi connectivity index (χ0) is 12.5. The fourth-order valence-electron chi connectivity index (χ4n) is 1.23. The number of nitrogens with one attached hydrogen (secondary N) is 1. The maximum absolute atomic E-state index is 13.2. The number of halogens is 1. The zero-order valence-corrected chi connectivity index (χ0v) is 10.4. The van der Waals surface area contributed by atoms with Crippen LogP contribution in [-0.2, 0) is 4.79 Å². The molecule has 0 spiro atoms. The second-order valence-electron chi connectivity index (χ2n) is 3.53. The van der Waals surface area contributed by atoms with Gasteiger partial charge in [-0.25, -0.2) is 4.39 Å². The van der Waals surface area contributed by atoms with Crippen LogP contribution in [0.2, 0.25) is 0 Å². The number of rotatable bonds is 7. The molecule has 0 aliphatic heterocycles. The van der Waals surface area contributed by atoms with Gasteiger partial charge in [0.1, 0.15) is 5.82 Å². The Bertz CT molecular complexity index is 360. The van der Waals surface area contributed by atoms with Crippen LogP contribution >= 0.6 is 11.8 Å². The lowest BCUT2D eigenvalue weighted by molar-refractivity contribution is -0.115. The second-order valence-corrected chi connectivity index (χ2v) is 4.76. The van der Waals surface area contributed by atoms with Crippen LogP contribution in [0, 0.1) is 5.82 Å². The third-order valence-corrected chi connectivity index (χ3v) is 3.18. The SMILES string of the molecule is NCCCSCCC(=O)Nc1ccccc1F. The third-order valence-electron chi connectivity index (χ3n) is 2.11. The van der Waals surface area contributed by atoms with Gasteiger partial charge in [0, 0.05) is 12.2 Å². The lowest BCUT2D eigenvalue weighted by Gasteiger charge is -2.05. The maximum Gasteiger partial charge on any atom is 0.225 e. The van der Waals surface area contributed by atoms with Crippen LogP contribution in [-0.4, -0.2) is 24.0 Å². The van der Waals surface area contributed by atoms with Crippen molar-refractivity contribution in [2.24, 2.45) is 5.73 Å². The summed E-state index contributed by atoms with van der Waals surface area (Å²) >= 11 is 1.69. The number of anilines is 1. The molecule has 17 heavy (non-hydrogen) atoms. The molecule has 0 aliphatic rings. The minimum Gasteiger partial charge on any atom is -0.330 e. The van der Waals surface area contributed by atoms with E-state index in [1.54, 1.807) is 30.0 Å². The number of benzene rings is 1. The van der Waals surface area contributed by atoms with Crippen LogP contribution < -0.4 is 11.1 Å². The van der Waals surface area contributed by atoms with E-state index in [-0.39, 0.29) is 11.6 Å². The molecule has 1 aromatic carbocycles. The molecule has 0 unspecified atom stereocenters. The Hall–Kier alpha value is -1.07. The van der Waals surface area contributed by atoms with Crippen LogP contribution in [0.4, 0.5) is 10.1 Å². The van der Waals surface area contributed by atoms with Crippen LogP contribution in [0.25, 0.3) is 0 Å². The lowest BCUT2D eigenvalue weighted by Crippen LogP contribution is -2.13. The highest BCUT2D eigenvalue weighted by Crippen LogP contribution is 2.13. The normalized spacial score (nSPS) is 10.2. The van der Waals surface area contributed by atoms with E-state index >= 15 is 0 Å². The Morgan fingerprint density at radius 2 is 2.12 bits per heavy atom. The summed E-state index contributed by atoms with van der Waals surface area (Å²) in [5.41, 5.74) is 5.60. The van der Waals surface area contributed by atoms with Crippen molar-refractivity contribution in [2.45, 2.75) is 12.8 Å². The average molecular weight is 256 g/mol. The molecule has 0 aromatic heterocycles. The van der Waals surface area contributed by atoms with Gasteiger partial charge in [0.15, 0.2) is 0 Å². The molecule has 0 atom stereocenters. The van der Waals surface area contributed by atoms with Gasteiger partial charge in [0.05, 0.1) is 5.69 Å². The number of carbonyl (C=O) groups excluding carboxylic acids is 1. The molecule has 1 rings (SSSR count). The Morgan fingerprint density at radius 3 is 2.82 bits per heavy atom. The van der Waals surface area contributed by atoms with Gasteiger partial charge in [-0.3, -0.25) is 4.79 Å². The number of nitrogens with two attached hydrogens (primary N) is 1. The van der Waals surface area contributed by atoms with Crippen molar-refractivity contribution < 1.29 is 9.18 Å². The summed E-state index contributed by atoms with van der Waals surface area (Å²) in [6.45, 7) is 0.675. The summed E-state index contributed by atoms with van der Waals surface area (Å²) in [5, 5.41) is 2.55. The standard InChI is InChI=1S/C12H17FN2OS/c13-10-4-1-2-5-11(10)15-12(16)6-9-17-8-3-7-14/h1-2,4-5H,3,6-9,14H2,(H,15,16). The predicted molar refractivity (Wildman–Crippen MR) is 70.6 cm³/mol. The summed E-state index contributed by atoms with van der Waals surface area (Å²) in [6, 6.07) is 6.16. The molecule has 0 aliphatic carbocycles. The quantitative estimate of drug-likeness (QED) is 0.736. The molecule has 5 heteroatoms. The fourth-order valence-corrected chi connectivity index (χ4v) is 2.13. The van der Waals surface area contributed by atoms with E-state index in [1.165, 1.54) is 6.07 Å². The van der Waals surface area contributed by atoms with E-state index < -0.39 is 5.82 Å². The van der Waals surface area contributed by atoms with Crippen molar-refractivity contribution in [1.82, 2.24) is 0 Å². The monoisotopic (exact) mass is 256 g/mol. The van der Waals surface area contributed by atoms with Crippen molar-refractivity contribution in [3.63, 3.8) is 0 Å². The first-order valence-corrected chi connectivity index (χ1v) is 6.71. The zero-order valence-electron chi connectivity index (χ0n) is 9.62. The number of hydrogen-bond acceptors (Lipinski definition) is 3. The second kappa shape index (κ2) is 8.08. The van der Waals surface area contributed by atoms with Gasteiger partial charge in [-0.2, -0.15) is 11.8 Å². The van der Waals surface area contributed by atoms with Crippen LogP contribution in [0.3, 0.4) is 0 Å². The highest BCUT2D eigenvalue weighted by atomic mass is 32.2. The van der Waals surface area contributed by atoms with Crippen molar-refractivity contribution in [3.05, 3.63) is 30.1 Å². The summed E-state index contributed by atoms with van der Waals surface area (Å²) in [7, 11) is 0. The van der Waals surface area contributed by atoms with Gasteiger partial charge in [-0.1, -0.05) is 12.1 Å². The number of thioether (sulfide) groups is 1. The number of amides is 1. The first-order chi connectivity index (χ1) is 8.24. The average Bonchev–Trinajstić information content (AvgIpc) is 2.32. The number of para-hydroxylation sites is 1. The molecular formula is C12H17FN2OS. The van der Waals surface area contributed by atoms with Crippen molar-refractivity contribution in [1.29, 1.82) is 0 Å². The van der Waals surface area contributed by atoms with E-state index in [9.17, 15) is 9.18 Å². The Labute approximate surface area is 105 Å². The molecule has 94 valence electrons. The summed E-state index contributed by atoms with van der Waals surface area (Å²) in [4.78, 5) is 11.5. The molecule has 1 amide bonds. The highest BCUT2D eigenvalue weighted by molar-refractivity contribution is 7.99. The summed E-state index contributed by atoms with van der Waals surface area (Å²) < 4.78 is 13.2. The molecule has 0 heterocycles. The van der Waals surface area contributed by atoms with Crippen LogP contribution in [0.1, 0.15) is 12.8 Å². The first kappa shape index (κ1) is 14.0. The van der Waals surface area contributed by atoms with Gasteiger partial charge in [0.25, 0.3) is 0 Å². The van der Waals surface area contributed by atoms with E-state index in [0.717, 1.165) is 17.9 Å². The third kappa shape index (κ3) is 5.70. The van der Waals surface area contributed by atoms with Gasteiger partial charge < -0.3 is 11.1 Å². The molecular weight excluding hydrogens is 239 g/mol. The van der Waals surface area contributed by atoms with Crippen LogP contribution in [0.5, 0.6) is 0 Å². The largest absolute Gasteiger partial charge is 0.330 e. The smallest absolute Gasteiger partial charge is 0.225 e. The van der Waals surface area contributed by atoms with E-state index in [4.69, 9.17) is 5.73 Å². The van der Waals surface area contributed by atoms with Gasteiger partial charge in [-0.15, -0.1) is 0 Å². The maximum atomic E-state index is 13.2. The highest BCUT2D eigenvalue weighted by Gasteiger charge is 2.05. The molecule has 0 bridgehead atoms. The number of carbonyl (C=O) groups is 1. The minimum atomic E-state index is -0.406. The minimum absolute atomic E-state index is 0.157. The summed E-state index contributed by atoms with van der Waals surface area (Å²) in [6.07, 6.45) is 1.35. The topological polar surface area (TPSA) is 55.1 Å². The van der Waals surface area contributed by atoms with E-state index in [1.807, 2.05) is 0 Å². The Balaban J connectivity index is 2.23. The molecule has 0 saturated carbocycles. The van der Waals surface area contributed by atoms with Crippen molar-refractivity contribution in [3.8, 4) is 0 Å².